The van der Waals surface area contributed by atoms with Gasteiger partial charge in [0.05, 0.1) is 0 Å². The fourth-order valence-electron chi connectivity index (χ4n) is 1.79. The Labute approximate surface area is 101 Å². The highest BCUT2D eigenvalue weighted by Crippen LogP contribution is 2.80. The number of allylic oxidation sites excluding steroid dienone is 1. The maximum Gasteiger partial charge on any atom is 0.442 e. The highest BCUT2D eigenvalue weighted by atomic mass is 79.9. The molecule has 1 heterocycles. The van der Waals surface area contributed by atoms with Gasteiger partial charge in [0.25, 0.3) is 0 Å². The topological polar surface area (TPSA) is 0 Å². The van der Waals surface area contributed by atoms with Crippen LogP contribution in [0.15, 0.2) is 28.0 Å². The lowest BCUT2D eigenvalue weighted by atomic mass is 10.1. The molecule has 0 aliphatic carbocycles. The second-order valence-corrected chi connectivity index (χ2v) is 9.32. The minimum atomic E-state index is -4.24. The summed E-state index contributed by atoms with van der Waals surface area (Å²) in [6.45, 7) is 3.34. The number of halogens is 4. The molecule has 0 fully saturated rings. The predicted octanol–water partition coefficient (Wildman–Crippen LogP) is 5.36. The quantitative estimate of drug-likeness (QED) is 0.605. The molecule has 0 aromatic heterocycles. The van der Waals surface area contributed by atoms with Crippen LogP contribution < -0.4 is 0 Å². The molecule has 0 N–H and O–H groups in total. The smallest absolute Gasteiger partial charge is 0.160 e. The van der Waals surface area contributed by atoms with E-state index in [-0.39, 0.29) is 0 Å². The van der Waals surface area contributed by atoms with E-state index in [0.717, 1.165) is 5.56 Å². The molecule has 1 aromatic rings. The molecule has 1 aromatic carbocycles. The summed E-state index contributed by atoms with van der Waals surface area (Å²) in [7, 11) is -3.01. The molecule has 0 saturated heterocycles. The maximum absolute atomic E-state index is 13.2. The van der Waals surface area contributed by atoms with Crippen molar-refractivity contribution in [1.29, 1.82) is 0 Å². The molecule has 0 radical (unpaired) electrons. The highest BCUT2D eigenvalue weighted by Gasteiger charge is 2.53. The van der Waals surface area contributed by atoms with Gasteiger partial charge in [-0.25, -0.2) is 0 Å². The van der Waals surface area contributed by atoms with Crippen molar-refractivity contribution >= 4 is 29.4 Å². The normalized spacial score (nSPS) is 28.2. The zero-order chi connectivity index (χ0) is 12.1. The highest BCUT2D eigenvalue weighted by molar-refractivity contribution is 9.59. The molecule has 2 rings (SSSR count). The van der Waals surface area contributed by atoms with E-state index in [1.54, 1.807) is 25.1 Å². The summed E-state index contributed by atoms with van der Waals surface area (Å²) in [5.41, 5.74) is -2.72. The predicted molar refractivity (Wildman–Crippen MR) is 65.7 cm³/mol. The van der Waals surface area contributed by atoms with E-state index < -0.39 is 14.0 Å². The molecule has 0 amide bonds. The molecule has 0 saturated carbocycles. The summed E-state index contributed by atoms with van der Waals surface area (Å²) in [5.74, 6) is 0. The lowest BCUT2D eigenvalue weighted by Crippen LogP contribution is -2.14. The SMILES string of the molecule is CC1=Cc2ccc(C)cc2S1(Br)C(F)(F)F. The van der Waals surface area contributed by atoms with E-state index in [4.69, 9.17) is 0 Å². The molecule has 1 unspecified atom stereocenters. The molecule has 1 aliphatic heterocycles. The Hall–Kier alpha value is -0.420. The largest absolute Gasteiger partial charge is 0.442 e. The lowest BCUT2D eigenvalue weighted by Gasteiger charge is -2.33. The number of hydrogen-bond acceptors (Lipinski definition) is 0. The summed E-state index contributed by atoms with van der Waals surface area (Å²) < 4.78 is 39.5. The Morgan fingerprint density at radius 3 is 2.38 bits per heavy atom. The number of hydrogen-bond donors (Lipinski definition) is 0. The standard InChI is InChI=1S/C11H10BrF3S/c1-7-3-4-9-6-8(2)16(12,10(9)5-7)11(13,14)15/h3-6H,1-2H3. The summed E-state index contributed by atoms with van der Waals surface area (Å²) in [4.78, 5) is 0.734. The van der Waals surface area contributed by atoms with Crippen LogP contribution in [0.25, 0.3) is 6.08 Å². The van der Waals surface area contributed by atoms with Gasteiger partial charge < -0.3 is 0 Å². The van der Waals surface area contributed by atoms with Crippen LogP contribution in [-0.2, 0) is 0 Å². The summed E-state index contributed by atoms with van der Waals surface area (Å²) in [5, 5.41) is 0. The molecule has 0 bridgehead atoms. The summed E-state index contributed by atoms with van der Waals surface area (Å²) >= 11 is 2.95. The average molecular weight is 311 g/mol. The number of aryl methyl sites for hydroxylation is 1. The van der Waals surface area contributed by atoms with Crippen LogP contribution in [-0.4, -0.2) is 5.51 Å². The minimum Gasteiger partial charge on any atom is -0.160 e. The van der Waals surface area contributed by atoms with Crippen molar-refractivity contribution in [1.82, 2.24) is 0 Å². The third-order valence-electron chi connectivity index (χ3n) is 2.59. The van der Waals surface area contributed by atoms with E-state index >= 15 is 0 Å². The first-order valence-electron chi connectivity index (χ1n) is 4.65. The van der Waals surface area contributed by atoms with Crippen LogP contribution >= 0.6 is 23.3 Å². The second-order valence-electron chi connectivity index (χ2n) is 3.78. The second kappa shape index (κ2) is 3.53. The van der Waals surface area contributed by atoms with Crippen LogP contribution in [0, 0.1) is 6.92 Å². The monoisotopic (exact) mass is 310 g/mol. The average Bonchev–Trinajstić information content (AvgIpc) is 2.41. The number of fused-ring (bicyclic) bond motifs is 1. The van der Waals surface area contributed by atoms with Crippen LogP contribution in [0.3, 0.4) is 0 Å². The first-order valence-corrected chi connectivity index (χ1v) is 8.12. The molecule has 1 aliphatic rings. The Morgan fingerprint density at radius 1 is 1.19 bits per heavy atom. The maximum atomic E-state index is 13.2. The number of alkyl halides is 3. The van der Waals surface area contributed by atoms with Gasteiger partial charge in [0, 0.05) is 4.90 Å². The van der Waals surface area contributed by atoms with Gasteiger partial charge in [-0.3, -0.25) is 0 Å². The van der Waals surface area contributed by atoms with Crippen LogP contribution in [0.2, 0.25) is 0 Å². The van der Waals surface area contributed by atoms with E-state index in [1.165, 1.54) is 6.92 Å². The molecule has 0 spiro atoms. The fraction of sp³-hybridized carbons (Fsp3) is 0.273. The third-order valence-corrected chi connectivity index (χ3v) is 8.88. The zero-order valence-corrected chi connectivity index (χ0v) is 11.1. The summed E-state index contributed by atoms with van der Waals surface area (Å²) in [6.07, 6.45) is 1.62. The Morgan fingerprint density at radius 2 is 1.81 bits per heavy atom. The molecular formula is C11H10BrF3S. The summed E-state index contributed by atoms with van der Waals surface area (Å²) in [6, 6.07) is 5.20. The van der Waals surface area contributed by atoms with Gasteiger partial charge >= 0.3 is 5.51 Å². The van der Waals surface area contributed by atoms with E-state index in [0.29, 0.717) is 15.4 Å². The minimum absolute atomic E-state index is 0.362. The molecular weight excluding hydrogens is 301 g/mol. The van der Waals surface area contributed by atoms with Crippen molar-refractivity contribution in [2.24, 2.45) is 0 Å². The van der Waals surface area contributed by atoms with E-state index in [1.807, 2.05) is 6.07 Å². The van der Waals surface area contributed by atoms with Gasteiger partial charge in [-0.05, 0) is 65.3 Å². The molecule has 16 heavy (non-hydrogen) atoms. The van der Waals surface area contributed by atoms with E-state index in [2.05, 4.69) is 14.8 Å². The fourth-order valence-corrected chi connectivity index (χ4v) is 4.96. The van der Waals surface area contributed by atoms with Gasteiger partial charge in [-0.15, -0.1) is 0 Å². The van der Waals surface area contributed by atoms with Gasteiger partial charge in [0.1, 0.15) is 0 Å². The molecule has 5 heteroatoms. The van der Waals surface area contributed by atoms with Gasteiger partial charge in [0.15, 0.2) is 0 Å². The van der Waals surface area contributed by atoms with Gasteiger partial charge in [0.2, 0.25) is 0 Å². The van der Waals surface area contributed by atoms with Crippen LogP contribution in [0.1, 0.15) is 18.1 Å². The molecule has 1 atom stereocenters. The Bertz CT molecular complexity index is 479. The van der Waals surface area contributed by atoms with Crippen molar-refractivity contribution in [3.8, 4) is 0 Å². The van der Waals surface area contributed by atoms with E-state index in [9.17, 15) is 13.2 Å². The number of benzene rings is 1. The van der Waals surface area contributed by atoms with Crippen molar-refractivity contribution in [2.75, 3.05) is 0 Å². The molecule has 0 nitrogen and oxygen atoms in total. The third kappa shape index (κ3) is 1.52. The lowest BCUT2D eigenvalue weighted by molar-refractivity contribution is -0.0355. The Balaban J connectivity index is 2.69. The zero-order valence-electron chi connectivity index (χ0n) is 8.73. The van der Waals surface area contributed by atoms with Crippen LogP contribution in [0.5, 0.6) is 0 Å². The van der Waals surface area contributed by atoms with Gasteiger partial charge in [-0.2, -0.15) is 13.2 Å². The van der Waals surface area contributed by atoms with Crippen molar-refractivity contribution in [3.05, 3.63) is 34.2 Å². The first-order chi connectivity index (χ1) is 7.26. The van der Waals surface area contributed by atoms with Crippen LogP contribution in [0.4, 0.5) is 13.2 Å². The van der Waals surface area contributed by atoms with Crippen molar-refractivity contribution in [3.63, 3.8) is 0 Å². The molecule has 88 valence electrons. The van der Waals surface area contributed by atoms with Gasteiger partial charge in [-0.1, -0.05) is 12.1 Å². The van der Waals surface area contributed by atoms with Crippen molar-refractivity contribution < 1.29 is 13.2 Å². The Kier molecular flexibility index (Phi) is 2.66. The number of rotatable bonds is 0. The first kappa shape index (κ1) is 12.0. The van der Waals surface area contributed by atoms with Crippen molar-refractivity contribution in [2.45, 2.75) is 24.3 Å².